The zero-order valence-electron chi connectivity index (χ0n) is 9.79. The molecule has 18 heavy (non-hydrogen) atoms. The van der Waals surface area contributed by atoms with Crippen LogP contribution >= 0.6 is 0 Å². The van der Waals surface area contributed by atoms with Crippen LogP contribution < -0.4 is 0 Å². The van der Waals surface area contributed by atoms with Crippen molar-refractivity contribution in [3.8, 4) is 0 Å². The zero-order valence-corrected chi connectivity index (χ0v) is 9.79. The van der Waals surface area contributed by atoms with Gasteiger partial charge < -0.3 is 4.74 Å². The largest absolute Gasteiger partial charge is 0.466 e. The predicted octanol–water partition coefficient (Wildman–Crippen LogP) is 2.23. The average Bonchev–Trinajstić information content (AvgIpc) is 2.43. The van der Waals surface area contributed by atoms with Crippen LogP contribution in [0.15, 0.2) is 36.4 Å². The summed E-state index contributed by atoms with van der Waals surface area (Å²) in [5.41, 5.74) is 1.66. The Kier molecular flexibility index (Phi) is 3.48. The summed E-state index contributed by atoms with van der Waals surface area (Å²) in [5.74, 6) is -0.484. The van der Waals surface area contributed by atoms with E-state index in [0.29, 0.717) is 11.3 Å². The molecule has 2 aromatic rings. The minimum absolute atomic E-state index is 0.439. The average molecular weight is 241 g/mol. The molecule has 1 heterocycles. The van der Waals surface area contributed by atoms with E-state index in [2.05, 4.69) is 9.72 Å². The topological polar surface area (TPSA) is 56.3 Å². The van der Waals surface area contributed by atoms with Gasteiger partial charge in [-0.05, 0) is 18.2 Å². The number of aromatic nitrogens is 1. The van der Waals surface area contributed by atoms with Gasteiger partial charge in [-0.15, -0.1) is 0 Å². The fraction of sp³-hybridized carbons (Fsp3) is 0.0714. The maximum atomic E-state index is 11.0. The summed E-state index contributed by atoms with van der Waals surface area (Å²) < 4.78 is 4.49. The van der Waals surface area contributed by atoms with Crippen molar-refractivity contribution in [2.24, 2.45) is 0 Å². The maximum absolute atomic E-state index is 11.0. The molecule has 0 amide bonds. The van der Waals surface area contributed by atoms with E-state index in [1.165, 1.54) is 19.3 Å². The van der Waals surface area contributed by atoms with Crippen LogP contribution in [0.2, 0.25) is 0 Å². The molecule has 2 rings (SSSR count). The standard InChI is InChI=1S/C14H11NO3/c1-18-14(17)7-6-13-11(9-16)8-10-4-2-3-5-12(10)15-13/h2-9H,1H3/b7-6+. The van der Waals surface area contributed by atoms with Crippen molar-refractivity contribution in [2.75, 3.05) is 7.11 Å². The highest BCUT2D eigenvalue weighted by atomic mass is 16.5. The first-order valence-corrected chi connectivity index (χ1v) is 5.35. The van der Waals surface area contributed by atoms with E-state index in [1.54, 1.807) is 6.07 Å². The van der Waals surface area contributed by atoms with E-state index in [4.69, 9.17) is 0 Å². The van der Waals surface area contributed by atoms with Crippen molar-refractivity contribution in [3.63, 3.8) is 0 Å². The van der Waals surface area contributed by atoms with Crippen LogP contribution in [0.5, 0.6) is 0 Å². The number of fused-ring (bicyclic) bond motifs is 1. The number of methoxy groups -OCH3 is 1. The molecule has 1 aromatic heterocycles. The molecule has 4 nitrogen and oxygen atoms in total. The molecule has 0 saturated heterocycles. The minimum atomic E-state index is -0.484. The maximum Gasteiger partial charge on any atom is 0.330 e. The first-order valence-electron chi connectivity index (χ1n) is 5.35. The molecule has 0 aliphatic heterocycles. The number of rotatable bonds is 3. The van der Waals surface area contributed by atoms with Gasteiger partial charge in [0.05, 0.1) is 18.3 Å². The van der Waals surface area contributed by atoms with E-state index >= 15 is 0 Å². The number of benzene rings is 1. The van der Waals surface area contributed by atoms with Crippen LogP contribution in [0.4, 0.5) is 0 Å². The van der Waals surface area contributed by atoms with Gasteiger partial charge in [-0.3, -0.25) is 4.79 Å². The molecule has 0 fully saturated rings. The second-order valence-electron chi connectivity index (χ2n) is 3.63. The van der Waals surface area contributed by atoms with Gasteiger partial charge in [0.15, 0.2) is 6.29 Å². The summed E-state index contributed by atoms with van der Waals surface area (Å²) in [6, 6.07) is 9.21. The van der Waals surface area contributed by atoms with Crippen LogP contribution in [0.3, 0.4) is 0 Å². The Morgan fingerprint density at radius 2 is 2.11 bits per heavy atom. The third-order valence-corrected chi connectivity index (χ3v) is 2.49. The number of nitrogens with zero attached hydrogens (tertiary/aromatic N) is 1. The molecule has 0 bridgehead atoms. The van der Waals surface area contributed by atoms with E-state index < -0.39 is 5.97 Å². The van der Waals surface area contributed by atoms with Crippen molar-refractivity contribution < 1.29 is 14.3 Å². The Hall–Kier alpha value is -2.49. The number of hydrogen-bond donors (Lipinski definition) is 0. The lowest BCUT2D eigenvalue weighted by Gasteiger charge is -2.02. The number of ether oxygens (including phenoxy) is 1. The first-order chi connectivity index (χ1) is 8.74. The third-order valence-electron chi connectivity index (χ3n) is 2.49. The Balaban J connectivity index is 2.51. The van der Waals surface area contributed by atoms with Crippen molar-refractivity contribution in [2.45, 2.75) is 0 Å². The molecule has 90 valence electrons. The molecule has 0 aliphatic carbocycles. The van der Waals surface area contributed by atoms with Crippen LogP contribution in [0.1, 0.15) is 16.1 Å². The Morgan fingerprint density at radius 3 is 2.83 bits per heavy atom. The lowest BCUT2D eigenvalue weighted by atomic mass is 10.1. The minimum Gasteiger partial charge on any atom is -0.466 e. The quantitative estimate of drug-likeness (QED) is 0.469. The summed E-state index contributed by atoms with van der Waals surface area (Å²) in [5, 5.41) is 0.884. The van der Waals surface area contributed by atoms with Crippen LogP contribution in [-0.2, 0) is 9.53 Å². The highest BCUT2D eigenvalue weighted by Crippen LogP contribution is 2.16. The predicted molar refractivity (Wildman–Crippen MR) is 68.2 cm³/mol. The monoisotopic (exact) mass is 241 g/mol. The van der Waals surface area contributed by atoms with Crippen molar-refractivity contribution in [3.05, 3.63) is 47.7 Å². The highest BCUT2D eigenvalue weighted by molar-refractivity contribution is 5.93. The molecule has 0 N–H and O–H groups in total. The molecule has 0 aliphatic rings. The number of para-hydroxylation sites is 1. The number of esters is 1. The molecule has 4 heteroatoms. The Morgan fingerprint density at radius 1 is 1.33 bits per heavy atom. The van der Waals surface area contributed by atoms with Gasteiger partial charge in [0.25, 0.3) is 0 Å². The van der Waals surface area contributed by atoms with E-state index in [1.807, 2.05) is 24.3 Å². The molecule has 0 atom stereocenters. The lowest BCUT2D eigenvalue weighted by Crippen LogP contribution is -1.96. The SMILES string of the molecule is COC(=O)/C=C/c1nc2ccccc2cc1C=O. The molecule has 0 saturated carbocycles. The lowest BCUT2D eigenvalue weighted by molar-refractivity contribution is -0.134. The van der Waals surface area contributed by atoms with Crippen LogP contribution in [-0.4, -0.2) is 24.3 Å². The second-order valence-corrected chi connectivity index (χ2v) is 3.63. The number of carbonyl (C=O) groups is 2. The smallest absolute Gasteiger partial charge is 0.330 e. The number of pyridine rings is 1. The van der Waals surface area contributed by atoms with E-state index in [9.17, 15) is 9.59 Å². The summed E-state index contributed by atoms with van der Waals surface area (Å²) in [4.78, 5) is 26.3. The van der Waals surface area contributed by atoms with Gasteiger partial charge in [-0.1, -0.05) is 18.2 Å². The number of hydrogen-bond acceptors (Lipinski definition) is 4. The van der Waals surface area contributed by atoms with Gasteiger partial charge in [0.2, 0.25) is 0 Å². The van der Waals surface area contributed by atoms with Crippen molar-refractivity contribution >= 4 is 29.2 Å². The Labute approximate surface area is 104 Å². The van der Waals surface area contributed by atoms with E-state index in [0.717, 1.165) is 17.2 Å². The van der Waals surface area contributed by atoms with E-state index in [-0.39, 0.29) is 0 Å². The van der Waals surface area contributed by atoms with Gasteiger partial charge in [-0.2, -0.15) is 0 Å². The molecule has 0 unspecified atom stereocenters. The molecular weight excluding hydrogens is 230 g/mol. The summed E-state index contributed by atoms with van der Waals surface area (Å²) in [7, 11) is 1.29. The van der Waals surface area contributed by atoms with Gasteiger partial charge in [-0.25, -0.2) is 9.78 Å². The van der Waals surface area contributed by atoms with Gasteiger partial charge >= 0.3 is 5.97 Å². The van der Waals surface area contributed by atoms with Gasteiger partial charge in [0.1, 0.15) is 0 Å². The molecule has 0 radical (unpaired) electrons. The normalized spacial score (nSPS) is 10.7. The van der Waals surface area contributed by atoms with Crippen LogP contribution in [0, 0.1) is 0 Å². The van der Waals surface area contributed by atoms with Crippen molar-refractivity contribution in [1.82, 2.24) is 4.98 Å². The summed E-state index contributed by atoms with van der Waals surface area (Å²) in [6.07, 6.45) is 3.43. The summed E-state index contributed by atoms with van der Waals surface area (Å²) in [6.45, 7) is 0. The number of aldehydes is 1. The zero-order chi connectivity index (χ0) is 13.0. The van der Waals surface area contributed by atoms with Crippen molar-refractivity contribution in [1.29, 1.82) is 0 Å². The highest BCUT2D eigenvalue weighted by Gasteiger charge is 2.04. The summed E-state index contributed by atoms with van der Waals surface area (Å²) >= 11 is 0. The molecule has 0 spiro atoms. The third kappa shape index (κ3) is 2.43. The Bertz CT molecular complexity index is 632. The fourth-order valence-corrected chi connectivity index (χ4v) is 1.59. The van der Waals surface area contributed by atoms with Crippen LogP contribution in [0.25, 0.3) is 17.0 Å². The second kappa shape index (κ2) is 5.23. The fourth-order valence-electron chi connectivity index (χ4n) is 1.59. The first kappa shape index (κ1) is 12.0. The number of carbonyl (C=O) groups excluding carboxylic acids is 2. The van der Waals surface area contributed by atoms with Gasteiger partial charge in [0, 0.05) is 17.0 Å². The molecule has 1 aromatic carbocycles. The molecular formula is C14H11NO3.